The molecule has 0 saturated carbocycles. The molecule has 2 saturated heterocycles. The molecule has 2 aliphatic heterocycles. The van der Waals surface area contributed by atoms with Crippen LogP contribution in [0.4, 0.5) is 4.79 Å². The van der Waals surface area contributed by atoms with Gasteiger partial charge in [-0.2, -0.15) is 0 Å². The van der Waals surface area contributed by atoms with Gasteiger partial charge in [0.05, 0.1) is 13.9 Å². The smallest absolute Gasteiger partial charge is 0.294 e. The molecule has 35 heavy (non-hydrogen) atoms. The Labute approximate surface area is 239 Å². The van der Waals surface area contributed by atoms with Gasteiger partial charge < -0.3 is 9.64 Å². The zero-order chi connectivity index (χ0) is 24.9. The fourth-order valence-corrected chi connectivity index (χ4v) is 6.53. The largest absolute Gasteiger partial charge is 0.487 e. The third-order valence-corrected chi connectivity index (χ3v) is 8.55. The molecule has 184 valence electrons. The summed E-state index contributed by atoms with van der Waals surface area (Å²) in [6, 6.07) is 11.8. The Morgan fingerprint density at radius 2 is 1.66 bits per heavy atom. The molecule has 0 unspecified atom stereocenters. The van der Waals surface area contributed by atoms with Crippen LogP contribution in [0.3, 0.4) is 0 Å². The number of imide groups is 1. The van der Waals surface area contributed by atoms with Crippen LogP contribution >= 0.6 is 66.2 Å². The van der Waals surface area contributed by atoms with Gasteiger partial charge in [0.1, 0.15) is 18.9 Å². The van der Waals surface area contributed by atoms with Crippen LogP contribution in [0.5, 0.6) is 5.75 Å². The van der Waals surface area contributed by atoms with Gasteiger partial charge in [-0.15, -0.1) is 0 Å². The molecular weight excluding hydrogens is 711 g/mol. The number of thioether (sulfide) groups is 1. The third-order valence-electron chi connectivity index (χ3n) is 5.74. The average Bonchev–Trinajstić information content (AvgIpc) is 3.01. The van der Waals surface area contributed by atoms with Gasteiger partial charge in [-0.25, -0.2) is 0 Å². The quantitative estimate of drug-likeness (QED) is 0.241. The summed E-state index contributed by atoms with van der Waals surface area (Å²) < 4.78 is 8.59. The molecular formula is C25H23Br2IN2O4S. The van der Waals surface area contributed by atoms with E-state index < -0.39 is 11.1 Å². The van der Waals surface area contributed by atoms with Gasteiger partial charge in [-0.05, 0) is 121 Å². The third kappa shape index (κ3) is 6.90. The number of rotatable bonds is 6. The Kier molecular flexibility index (Phi) is 9.34. The second kappa shape index (κ2) is 12.2. The summed E-state index contributed by atoms with van der Waals surface area (Å²) in [6.45, 7) is 1.58. The number of benzene rings is 2. The number of halogens is 3. The molecule has 0 N–H and O–H groups in total. The molecule has 10 heteroatoms. The van der Waals surface area contributed by atoms with Gasteiger partial charge in [0.2, 0.25) is 5.91 Å². The first kappa shape index (κ1) is 26.7. The number of nitrogens with zero attached hydrogens (tertiary/aromatic N) is 2. The van der Waals surface area contributed by atoms with Crippen LogP contribution in [0, 0.1) is 3.57 Å². The maximum Gasteiger partial charge on any atom is 0.294 e. The van der Waals surface area contributed by atoms with E-state index in [-0.39, 0.29) is 12.5 Å². The maximum atomic E-state index is 12.9. The number of amides is 3. The highest BCUT2D eigenvalue weighted by Gasteiger charge is 2.37. The summed E-state index contributed by atoms with van der Waals surface area (Å²) in [6.07, 6.45) is 5.80. The van der Waals surface area contributed by atoms with E-state index in [0.717, 1.165) is 66.0 Å². The van der Waals surface area contributed by atoms with Crippen LogP contribution in [-0.2, 0) is 16.2 Å². The zero-order valence-electron chi connectivity index (χ0n) is 18.8. The minimum absolute atomic E-state index is 0.171. The van der Waals surface area contributed by atoms with Crippen LogP contribution in [0.1, 0.15) is 36.8 Å². The molecule has 2 aliphatic rings. The number of ether oxygens (including phenoxy) is 1. The van der Waals surface area contributed by atoms with Crippen molar-refractivity contribution in [3.63, 3.8) is 0 Å². The molecule has 2 fully saturated rings. The fourth-order valence-electron chi connectivity index (χ4n) is 3.88. The molecule has 0 bridgehead atoms. The molecule has 2 heterocycles. The molecule has 0 spiro atoms. The van der Waals surface area contributed by atoms with E-state index in [1.54, 1.807) is 11.0 Å². The van der Waals surface area contributed by atoms with Gasteiger partial charge in [-0.3, -0.25) is 19.3 Å². The van der Waals surface area contributed by atoms with Crippen LogP contribution in [0.2, 0.25) is 0 Å². The zero-order valence-corrected chi connectivity index (χ0v) is 24.9. The Morgan fingerprint density at radius 1 is 1.03 bits per heavy atom. The molecule has 0 radical (unpaired) electrons. The molecule has 3 amide bonds. The van der Waals surface area contributed by atoms with Crippen molar-refractivity contribution < 1.29 is 19.1 Å². The molecule has 4 rings (SSSR count). The van der Waals surface area contributed by atoms with Crippen LogP contribution in [0.15, 0.2) is 50.2 Å². The van der Waals surface area contributed by atoms with E-state index in [0.29, 0.717) is 30.4 Å². The first-order valence-corrected chi connectivity index (χ1v) is 14.7. The molecule has 0 aromatic heterocycles. The van der Waals surface area contributed by atoms with Crippen molar-refractivity contribution in [2.24, 2.45) is 0 Å². The normalized spacial score (nSPS) is 17.7. The first-order chi connectivity index (χ1) is 16.8. The molecule has 0 atom stereocenters. The predicted molar refractivity (Wildman–Crippen MR) is 153 cm³/mol. The van der Waals surface area contributed by atoms with Crippen molar-refractivity contribution in [2.45, 2.75) is 32.3 Å². The van der Waals surface area contributed by atoms with Crippen LogP contribution in [-0.4, -0.2) is 46.5 Å². The minimum Gasteiger partial charge on any atom is -0.487 e. The molecule has 6 nitrogen and oxygen atoms in total. The van der Waals surface area contributed by atoms with Gasteiger partial charge >= 0.3 is 0 Å². The summed E-state index contributed by atoms with van der Waals surface area (Å²) in [4.78, 5) is 41.2. The highest BCUT2D eigenvalue weighted by Crippen LogP contribution is 2.38. The number of hydrogen-bond acceptors (Lipinski definition) is 5. The average molecular weight is 734 g/mol. The van der Waals surface area contributed by atoms with Crippen molar-refractivity contribution >= 4 is 89.3 Å². The fraction of sp³-hybridized carbons (Fsp3) is 0.320. The van der Waals surface area contributed by atoms with E-state index in [9.17, 15) is 14.4 Å². The van der Waals surface area contributed by atoms with E-state index in [2.05, 4.69) is 54.5 Å². The Balaban J connectivity index is 1.44. The summed E-state index contributed by atoms with van der Waals surface area (Å²) >= 11 is 10.2. The van der Waals surface area contributed by atoms with Crippen molar-refractivity contribution in [3.05, 3.63) is 64.9 Å². The summed E-state index contributed by atoms with van der Waals surface area (Å²) in [5.41, 5.74) is 1.78. The Bertz CT molecular complexity index is 1140. The lowest BCUT2D eigenvalue weighted by Gasteiger charge is -2.22. The summed E-state index contributed by atoms with van der Waals surface area (Å²) in [5.74, 6) is 0.0434. The van der Waals surface area contributed by atoms with Crippen molar-refractivity contribution in [1.29, 1.82) is 0 Å². The Morgan fingerprint density at radius 3 is 2.29 bits per heavy atom. The second-order valence-corrected chi connectivity index (χ2v) is 12.2. The standard InChI is InChI=1S/C25H23Br2IN2O4S/c26-19-11-17(12-20(27)23(19)34-15-16-5-7-18(28)8-6-16)13-21-24(32)30(25(33)35-21)14-22(31)29-9-3-1-2-4-10-29/h5-8,11-13H,1-4,9-10,14-15H2. The molecule has 2 aromatic rings. The van der Waals surface area contributed by atoms with Gasteiger partial charge in [0.25, 0.3) is 11.1 Å². The van der Waals surface area contributed by atoms with Crippen LogP contribution < -0.4 is 4.74 Å². The van der Waals surface area contributed by atoms with E-state index in [1.165, 1.54) is 0 Å². The molecule has 0 aliphatic carbocycles. The number of carbonyl (C=O) groups excluding carboxylic acids is 3. The van der Waals surface area contributed by atoms with Gasteiger partial charge in [-0.1, -0.05) is 25.0 Å². The van der Waals surface area contributed by atoms with E-state index >= 15 is 0 Å². The van der Waals surface area contributed by atoms with Crippen molar-refractivity contribution in [2.75, 3.05) is 19.6 Å². The highest BCUT2D eigenvalue weighted by molar-refractivity contribution is 14.1. The van der Waals surface area contributed by atoms with Gasteiger partial charge in [0, 0.05) is 16.7 Å². The minimum atomic E-state index is -0.436. The van der Waals surface area contributed by atoms with E-state index in [4.69, 9.17) is 4.74 Å². The van der Waals surface area contributed by atoms with E-state index in [1.807, 2.05) is 36.4 Å². The van der Waals surface area contributed by atoms with Crippen molar-refractivity contribution in [1.82, 2.24) is 9.80 Å². The predicted octanol–water partition coefficient (Wildman–Crippen LogP) is 6.83. The lowest BCUT2D eigenvalue weighted by atomic mass is 10.2. The number of hydrogen-bond donors (Lipinski definition) is 0. The number of likely N-dealkylation sites (tertiary alicyclic amines) is 1. The number of carbonyl (C=O) groups is 3. The van der Waals surface area contributed by atoms with Crippen LogP contribution in [0.25, 0.3) is 6.08 Å². The lowest BCUT2D eigenvalue weighted by molar-refractivity contribution is -0.135. The lowest BCUT2D eigenvalue weighted by Crippen LogP contribution is -2.42. The first-order valence-electron chi connectivity index (χ1n) is 11.2. The monoisotopic (exact) mass is 732 g/mol. The highest BCUT2D eigenvalue weighted by atomic mass is 127. The van der Waals surface area contributed by atoms with Gasteiger partial charge in [0.15, 0.2) is 0 Å². The topological polar surface area (TPSA) is 66.9 Å². The van der Waals surface area contributed by atoms with Crippen molar-refractivity contribution in [3.8, 4) is 5.75 Å². The Hall–Kier alpha value is -1.37. The second-order valence-electron chi connectivity index (χ2n) is 8.29. The summed E-state index contributed by atoms with van der Waals surface area (Å²) in [5, 5.41) is -0.417. The summed E-state index contributed by atoms with van der Waals surface area (Å²) in [7, 11) is 0. The molecule has 2 aromatic carbocycles. The SMILES string of the molecule is O=C(CN1C(=O)SC(=Cc2cc(Br)c(OCc3ccc(I)cc3)c(Br)c2)C1=O)N1CCCCCC1. The maximum absolute atomic E-state index is 12.9.